The van der Waals surface area contributed by atoms with Gasteiger partial charge in [-0.15, -0.1) is 0 Å². The molecule has 122 valence electrons. The van der Waals surface area contributed by atoms with E-state index in [1.165, 1.54) is 6.07 Å². The maximum absolute atomic E-state index is 12.1. The minimum atomic E-state index is -0.423. The van der Waals surface area contributed by atoms with Crippen molar-refractivity contribution in [2.45, 2.75) is 20.3 Å². The van der Waals surface area contributed by atoms with Gasteiger partial charge in [-0.25, -0.2) is 4.79 Å². The second kappa shape index (κ2) is 6.49. The van der Waals surface area contributed by atoms with Crippen molar-refractivity contribution in [3.05, 3.63) is 74.6 Å². The van der Waals surface area contributed by atoms with Crippen LogP contribution in [0.1, 0.15) is 16.7 Å². The van der Waals surface area contributed by atoms with E-state index in [0.717, 1.165) is 16.5 Å². The molecule has 0 aliphatic rings. The SMILES string of the molecule is Cc1cc(=O)oc2c(C)c(OC(=O)Cc3ccc(Cl)cc3)ccc12. The smallest absolute Gasteiger partial charge is 0.336 e. The highest BCUT2D eigenvalue weighted by Crippen LogP contribution is 2.28. The Bertz CT molecular complexity index is 971. The van der Waals surface area contributed by atoms with Crippen LogP contribution >= 0.6 is 11.6 Å². The highest BCUT2D eigenvalue weighted by molar-refractivity contribution is 6.30. The predicted molar refractivity (Wildman–Crippen MR) is 92.7 cm³/mol. The van der Waals surface area contributed by atoms with Gasteiger partial charge < -0.3 is 9.15 Å². The van der Waals surface area contributed by atoms with Gasteiger partial charge in [0.05, 0.1) is 6.42 Å². The molecule has 0 radical (unpaired) electrons. The molecule has 1 heterocycles. The quantitative estimate of drug-likeness (QED) is 0.406. The van der Waals surface area contributed by atoms with E-state index in [4.69, 9.17) is 20.8 Å². The van der Waals surface area contributed by atoms with Crippen LogP contribution in [0.15, 0.2) is 51.7 Å². The Morgan fingerprint density at radius 2 is 1.83 bits per heavy atom. The molecule has 0 bridgehead atoms. The number of rotatable bonds is 3. The normalized spacial score (nSPS) is 10.8. The number of carbonyl (C=O) groups is 1. The summed E-state index contributed by atoms with van der Waals surface area (Å²) in [6.45, 7) is 3.60. The summed E-state index contributed by atoms with van der Waals surface area (Å²) in [6.07, 6.45) is 0.131. The molecular formula is C19H15ClO4. The molecule has 0 unspecified atom stereocenters. The van der Waals surface area contributed by atoms with E-state index in [1.807, 2.05) is 6.92 Å². The van der Waals surface area contributed by atoms with Crippen LogP contribution < -0.4 is 10.4 Å². The average Bonchev–Trinajstić information content (AvgIpc) is 2.53. The largest absolute Gasteiger partial charge is 0.426 e. The predicted octanol–water partition coefficient (Wildman–Crippen LogP) is 4.21. The number of ether oxygens (including phenoxy) is 1. The van der Waals surface area contributed by atoms with Gasteiger partial charge in [-0.2, -0.15) is 0 Å². The van der Waals surface area contributed by atoms with E-state index in [2.05, 4.69) is 0 Å². The molecule has 0 N–H and O–H groups in total. The standard InChI is InChI=1S/C19H15ClO4/c1-11-9-17(21)24-19-12(2)16(8-7-15(11)19)23-18(22)10-13-3-5-14(20)6-4-13/h3-9H,10H2,1-2H3. The maximum atomic E-state index is 12.1. The summed E-state index contributed by atoms with van der Waals surface area (Å²) in [5.41, 5.74) is 2.27. The van der Waals surface area contributed by atoms with E-state index in [0.29, 0.717) is 21.9 Å². The second-order valence-corrected chi connectivity index (χ2v) is 6.03. The lowest BCUT2D eigenvalue weighted by Crippen LogP contribution is -2.12. The van der Waals surface area contributed by atoms with Crippen LogP contribution in [0.2, 0.25) is 5.02 Å². The molecule has 2 aromatic carbocycles. The van der Waals surface area contributed by atoms with Crippen LogP contribution in [0.25, 0.3) is 11.0 Å². The van der Waals surface area contributed by atoms with Crippen molar-refractivity contribution in [2.75, 3.05) is 0 Å². The van der Waals surface area contributed by atoms with Gasteiger partial charge in [0, 0.05) is 22.0 Å². The second-order valence-electron chi connectivity index (χ2n) is 5.59. The van der Waals surface area contributed by atoms with Gasteiger partial charge in [0.25, 0.3) is 0 Å². The Morgan fingerprint density at radius 1 is 1.12 bits per heavy atom. The first-order chi connectivity index (χ1) is 11.4. The van der Waals surface area contributed by atoms with Crippen LogP contribution in [-0.4, -0.2) is 5.97 Å². The topological polar surface area (TPSA) is 56.5 Å². The molecule has 0 fully saturated rings. The van der Waals surface area contributed by atoms with E-state index < -0.39 is 11.6 Å². The van der Waals surface area contributed by atoms with E-state index in [-0.39, 0.29) is 6.42 Å². The van der Waals surface area contributed by atoms with Gasteiger partial charge in [-0.3, -0.25) is 4.79 Å². The molecule has 0 saturated carbocycles. The Morgan fingerprint density at radius 3 is 2.54 bits per heavy atom. The highest BCUT2D eigenvalue weighted by Gasteiger charge is 2.13. The number of esters is 1. The molecule has 0 spiro atoms. The average molecular weight is 343 g/mol. The first-order valence-electron chi connectivity index (χ1n) is 7.43. The van der Waals surface area contributed by atoms with Gasteiger partial charge in [-0.1, -0.05) is 23.7 Å². The number of halogens is 1. The number of fused-ring (bicyclic) bond motifs is 1. The summed E-state index contributed by atoms with van der Waals surface area (Å²) in [7, 11) is 0. The lowest BCUT2D eigenvalue weighted by Gasteiger charge is -2.10. The Kier molecular flexibility index (Phi) is 4.40. The summed E-state index contributed by atoms with van der Waals surface area (Å²) in [4.78, 5) is 23.7. The van der Waals surface area contributed by atoms with Crippen molar-refractivity contribution >= 4 is 28.5 Å². The van der Waals surface area contributed by atoms with Crippen LogP contribution in [0.4, 0.5) is 0 Å². The van der Waals surface area contributed by atoms with Crippen molar-refractivity contribution in [1.29, 1.82) is 0 Å². The number of hydrogen-bond donors (Lipinski definition) is 0. The van der Waals surface area contributed by atoms with Crippen LogP contribution in [0.3, 0.4) is 0 Å². The van der Waals surface area contributed by atoms with Crippen molar-refractivity contribution in [3.8, 4) is 5.75 Å². The minimum absolute atomic E-state index is 0.131. The Hall–Kier alpha value is -2.59. The summed E-state index contributed by atoms with van der Waals surface area (Å²) >= 11 is 5.83. The fourth-order valence-electron chi connectivity index (χ4n) is 2.54. The van der Waals surface area contributed by atoms with Crippen LogP contribution in [0, 0.1) is 13.8 Å². The molecule has 3 rings (SSSR count). The summed E-state index contributed by atoms with van der Waals surface area (Å²) in [5.74, 6) is -0.00927. The van der Waals surface area contributed by atoms with Gasteiger partial charge in [0.1, 0.15) is 11.3 Å². The van der Waals surface area contributed by atoms with E-state index in [1.54, 1.807) is 43.3 Å². The summed E-state index contributed by atoms with van der Waals surface area (Å²) in [5, 5.41) is 1.44. The molecule has 5 heteroatoms. The molecular weight excluding hydrogens is 328 g/mol. The molecule has 4 nitrogen and oxygen atoms in total. The molecule has 0 aliphatic heterocycles. The van der Waals surface area contributed by atoms with Crippen molar-refractivity contribution < 1.29 is 13.9 Å². The summed E-state index contributed by atoms with van der Waals surface area (Å²) < 4.78 is 10.7. The van der Waals surface area contributed by atoms with Crippen LogP contribution in [-0.2, 0) is 11.2 Å². The molecule has 3 aromatic rings. The number of hydrogen-bond acceptors (Lipinski definition) is 4. The number of carbonyl (C=O) groups excluding carboxylic acids is 1. The van der Waals surface area contributed by atoms with Crippen molar-refractivity contribution in [1.82, 2.24) is 0 Å². The zero-order chi connectivity index (χ0) is 17.3. The first kappa shape index (κ1) is 16.3. The van der Waals surface area contributed by atoms with Gasteiger partial charge in [0.15, 0.2) is 0 Å². The maximum Gasteiger partial charge on any atom is 0.336 e. The van der Waals surface area contributed by atoms with E-state index in [9.17, 15) is 9.59 Å². The lowest BCUT2D eigenvalue weighted by molar-refractivity contribution is -0.133. The number of benzene rings is 2. The molecule has 0 amide bonds. The third-order valence-electron chi connectivity index (χ3n) is 3.80. The first-order valence-corrected chi connectivity index (χ1v) is 7.81. The summed E-state index contributed by atoms with van der Waals surface area (Å²) in [6, 6.07) is 11.9. The van der Waals surface area contributed by atoms with Gasteiger partial charge >= 0.3 is 11.6 Å². The molecule has 0 saturated heterocycles. The van der Waals surface area contributed by atoms with Crippen molar-refractivity contribution in [2.24, 2.45) is 0 Å². The zero-order valence-electron chi connectivity index (χ0n) is 13.3. The zero-order valence-corrected chi connectivity index (χ0v) is 14.0. The minimum Gasteiger partial charge on any atom is -0.426 e. The number of aryl methyl sites for hydroxylation is 2. The van der Waals surface area contributed by atoms with Gasteiger partial charge in [-0.05, 0) is 49.2 Å². The highest BCUT2D eigenvalue weighted by atomic mass is 35.5. The fourth-order valence-corrected chi connectivity index (χ4v) is 2.66. The van der Waals surface area contributed by atoms with E-state index >= 15 is 0 Å². The fraction of sp³-hybridized carbons (Fsp3) is 0.158. The van der Waals surface area contributed by atoms with Gasteiger partial charge in [0.2, 0.25) is 0 Å². The molecule has 1 aromatic heterocycles. The molecule has 24 heavy (non-hydrogen) atoms. The monoisotopic (exact) mass is 342 g/mol. The van der Waals surface area contributed by atoms with Crippen molar-refractivity contribution in [3.63, 3.8) is 0 Å². The Labute approximate surface area is 143 Å². The molecule has 0 aliphatic carbocycles. The van der Waals surface area contributed by atoms with Crippen LogP contribution in [0.5, 0.6) is 5.75 Å². The lowest BCUT2D eigenvalue weighted by atomic mass is 10.1. The molecule has 0 atom stereocenters. The third-order valence-corrected chi connectivity index (χ3v) is 4.06. The Balaban J connectivity index is 1.87. The third kappa shape index (κ3) is 3.34.